The van der Waals surface area contributed by atoms with Gasteiger partial charge in [0.05, 0.1) is 6.54 Å². The summed E-state index contributed by atoms with van der Waals surface area (Å²) < 4.78 is 8.03. The first-order valence-corrected chi connectivity index (χ1v) is 9.18. The zero-order chi connectivity index (χ0) is 19.9. The average molecular weight is 506 g/mol. The second-order valence-electron chi connectivity index (χ2n) is 6.53. The number of aliphatic imine (C=N–C) groups is 1. The van der Waals surface area contributed by atoms with Crippen molar-refractivity contribution in [2.24, 2.45) is 12.0 Å². The lowest BCUT2D eigenvalue weighted by atomic mass is 10.1. The SMILES string of the molecule is CN=C(NCc1ccc(C)cc1Oc1ccccc1)NCc1nnc(C)n1C.I. The molecule has 154 valence electrons. The van der Waals surface area contributed by atoms with Gasteiger partial charge in [-0.3, -0.25) is 4.99 Å². The highest BCUT2D eigenvalue weighted by Crippen LogP contribution is 2.26. The molecule has 0 aliphatic heterocycles. The van der Waals surface area contributed by atoms with E-state index in [0.717, 1.165) is 34.3 Å². The van der Waals surface area contributed by atoms with Crippen molar-refractivity contribution in [1.82, 2.24) is 25.4 Å². The van der Waals surface area contributed by atoms with Gasteiger partial charge in [0.1, 0.15) is 17.3 Å². The van der Waals surface area contributed by atoms with Crippen LogP contribution in [0.3, 0.4) is 0 Å². The van der Waals surface area contributed by atoms with Gasteiger partial charge in [0.15, 0.2) is 11.8 Å². The molecule has 2 N–H and O–H groups in total. The van der Waals surface area contributed by atoms with E-state index < -0.39 is 0 Å². The molecule has 8 heteroatoms. The molecule has 0 aliphatic rings. The summed E-state index contributed by atoms with van der Waals surface area (Å²) in [6.45, 7) is 5.10. The van der Waals surface area contributed by atoms with Crippen LogP contribution in [-0.2, 0) is 20.1 Å². The van der Waals surface area contributed by atoms with E-state index in [2.05, 4.69) is 44.9 Å². The number of benzene rings is 2. The Morgan fingerprint density at radius 2 is 1.76 bits per heavy atom. The molecule has 2 aromatic carbocycles. The fourth-order valence-corrected chi connectivity index (χ4v) is 2.69. The van der Waals surface area contributed by atoms with Crippen molar-refractivity contribution in [1.29, 1.82) is 0 Å². The van der Waals surface area contributed by atoms with Gasteiger partial charge >= 0.3 is 0 Å². The highest BCUT2D eigenvalue weighted by molar-refractivity contribution is 14.0. The van der Waals surface area contributed by atoms with Gasteiger partial charge in [0.2, 0.25) is 0 Å². The number of aromatic nitrogens is 3. The van der Waals surface area contributed by atoms with E-state index in [0.29, 0.717) is 19.0 Å². The van der Waals surface area contributed by atoms with Crippen molar-refractivity contribution < 1.29 is 4.74 Å². The molecule has 0 saturated heterocycles. The van der Waals surface area contributed by atoms with Crippen molar-refractivity contribution >= 4 is 29.9 Å². The topological polar surface area (TPSA) is 76.4 Å². The summed E-state index contributed by atoms with van der Waals surface area (Å²) in [5.41, 5.74) is 2.20. The van der Waals surface area contributed by atoms with Gasteiger partial charge in [0, 0.05) is 26.2 Å². The number of para-hydroxylation sites is 1. The van der Waals surface area contributed by atoms with Gasteiger partial charge < -0.3 is 19.9 Å². The normalized spacial score (nSPS) is 11.0. The van der Waals surface area contributed by atoms with Crippen LogP contribution in [0, 0.1) is 13.8 Å². The van der Waals surface area contributed by atoms with Gasteiger partial charge in [-0.05, 0) is 37.6 Å². The Hall–Kier alpha value is -2.62. The molecule has 0 spiro atoms. The summed E-state index contributed by atoms with van der Waals surface area (Å²) in [7, 11) is 3.69. The Morgan fingerprint density at radius 1 is 1.03 bits per heavy atom. The van der Waals surface area contributed by atoms with Crippen LogP contribution in [-0.4, -0.2) is 27.8 Å². The summed E-state index contributed by atoms with van der Waals surface area (Å²) in [6.07, 6.45) is 0. The molecule has 0 aliphatic carbocycles. The van der Waals surface area contributed by atoms with Gasteiger partial charge in [-0.25, -0.2) is 0 Å². The van der Waals surface area contributed by atoms with Gasteiger partial charge in [-0.15, -0.1) is 34.2 Å². The van der Waals surface area contributed by atoms with E-state index in [1.807, 2.05) is 54.9 Å². The summed E-state index contributed by atoms with van der Waals surface area (Å²) in [4.78, 5) is 4.28. The predicted molar refractivity (Wildman–Crippen MR) is 126 cm³/mol. The lowest BCUT2D eigenvalue weighted by Crippen LogP contribution is -2.37. The highest BCUT2D eigenvalue weighted by Gasteiger charge is 2.09. The second-order valence-corrected chi connectivity index (χ2v) is 6.53. The summed E-state index contributed by atoms with van der Waals surface area (Å²) in [5.74, 6) is 4.06. The number of halogens is 1. The van der Waals surface area contributed by atoms with Crippen LogP contribution >= 0.6 is 24.0 Å². The molecule has 0 radical (unpaired) electrons. The fraction of sp³-hybridized carbons (Fsp3) is 0.286. The van der Waals surface area contributed by atoms with Crippen LogP contribution in [0.25, 0.3) is 0 Å². The Kier molecular flexibility index (Phi) is 8.44. The molecule has 1 heterocycles. The number of hydrogen-bond acceptors (Lipinski definition) is 4. The minimum atomic E-state index is 0. The van der Waals surface area contributed by atoms with Gasteiger partial charge in [-0.1, -0.05) is 30.3 Å². The summed E-state index contributed by atoms with van der Waals surface area (Å²) >= 11 is 0. The zero-order valence-electron chi connectivity index (χ0n) is 17.1. The quantitative estimate of drug-likeness (QED) is 0.303. The smallest absolute Gasteiger partial charge is 0.191 e. The molecular formula is C21H27IN6O. The highest BCUT2D eigenvalue weighted by atomic mass is 127. The number of hydrogen-bond donors (Lipinski definition) is 2. The summed E-state index contributed by atoms with van der Waals surface area (Å²) in [6, 6.07) is 16.0. The van der Waals surface area contributed by atoms with Crippen LogP contribution in [0.4, 0.5) is 0 Å². The molecule has 0 saturated carbocycles. The van der Waals surface area contributed by atoms with Crippen LogP contribution < -0.4 is 15.4 Å². The second kappa shape index (κ2) is 10.8. The predicted octanol–water partition coefficient (Wildman–Crippen LogP) is 3.71. The Morgan fingerprint density at radius 3 is 2.41 bits per heavy atom. The number of guanidine groups is 1. The van der Waals surface area contributed by atoms with Crippen molar-refractivity contribution in [3.8, 4) is 11.5 Å². The molecule has 0 unspecified atom stereocenters. The zero-order valence-corrected chi connectivity index (χ0v) is 19.5. The first-order valence-electron chi connectivity index (χ1n) is 9.18. The Labute approximate surface area is 188 Å². The molecule has 7 nitrogen and oxygen atoms in total. The molecule has 3 aromatic rings. The van der Waals surface area contributed by atoms with Crippen molar-refractivity contribution in [2.45, 2.75) is 26.9 Å². The average Bonchev–Trinajstić information content (AvgIpc) is 3.02. The third-order valence-electron chi connectivity index (χ3n) is 4.46. The van der Waals surface area contributed by atoms with Crippen molar-refractivity contribution in [3.05, 3.63) is 71.3 Å². The van der Waals surface area contributed by atoms with E-state index in [9.17, 15) is 0 Å². The van der Waals surface area contributed by atoms with Crippen LogP contribution in [0.5, 0.6) is 11.5 Å². The number of nitrogens with one attached hydrogen (secondary N) is 2. The van der Waals surface area contributed by atoms with Crippen molar-refractivity contribution in [3.63, 3.8) is 0 Å². The van der Waals surface area contributed by atoms with Gasteiger partial charge in [-0.2, -0.15) is 0 Å². The maximum absolute atomic E-state index is 6.08. The molecule has 0 bridgehead atoms. The third kappa shape index (κ3) is 6.18. The molecule has 0 atom stereocenters. The van der Waals surface area contributed by atoms with Crippen LogP contribution in [0.1, 0.15) is 22.8 Å². The maximum atomic E-state index is 6.08. The monoisotopic (exact) mass is 506 g/mol. The van der Waals surface area contributed by atoms with E-state index >= 15 is 0 Å². The minimum Gasteiger partial charge on any atom is -0.457 e. The minimum absolute atomic E-state index is 0. The van der Waals surface area contributed by atoms with Crippen molar-refractivity contribution in [2.75, 3.05) is 7.05 Å². The number of ether oxygens (including phenoxy) is 1. The fourth-order valence-electron chi connectivity index (χ4n) is 2.69. The standard InChI is InChI=1S/C21H26N6O.HI/c1-15-10-11-17(19(12-15)28-18-8-6-5-7-9-18)13-23-21(22-3)24-14-20-26-25-16(2)27(20)4;/h5-12H,13-14H2,1-4H3,(H2,22,23,24);1H. The molecule has 0 fully saturated rings. The van der Waals surface area contributed by atoms with E-state index in [4.69, 9.17) is 4.74 Å². The largest absolute Gasteiger partial charge is 0.457 e. The lowest BCUT2D eigenvalue weighted by molar-refractivity contribution is 0.474. The molecule has 29 heavy (non-hydrogen) atoms. The first kappa shape index (κ1) is 22.7. The maximum Gasteiger partial charge on any atom is 0.191 e. The molecule has 1 aromatic heterocycles. The number of aryl methyl sites for hydroxylation is 2. The molecule has 0 amide bonds. The van der Waals surface area contributed by atoms with Crippen LogP contribution in [0.15, 0.2) is 53.5 Å². The van der Waals surface area contributed by atoms with E-state index in [1.165, 1.54) is 0 Å². The number of rotatable bonds is 6. The first-order chi connectivity index (χ1) is 13.6. The lowest BCUT2D eigenvalue weighted by Gasteiger charge is -2.15. The molecule has 3 rings (SSSR count). The number of nitrogens with zero attached hydrogens (tertiary/aromatic N) is 4. The Balaban J connectivity index is 0.00000300. The molecular weight excluding hydrogens is 479 g/mol. The Bertz CT molecular complexity index is 955. The van der Waals surface area contributed by atoms with Gasteiger partial charge in [0.25, 0.3) is 0 Å². The van der Waals surface area contributed by atoms with E-state index in [-0.39, 0.29) is 24.0 Å². The van der Waals surface area contributed by atoms with E-state index in [1.54, 1.807) is 7.05 Å². The third-order valence-corrected chi connectivity index (χ3v) is 4.46. The summed E-state index contributed by atoms with van der Waals surface area (Å²) in [5, 5.41) is 14.8. The van der Waals surface area contributed by atoms with Crippen LogP contribution in [0.2, 0.25) is 0 Å².